The Morgan fingerprint density at radius 1 is 1.56 bits per heavy atom. The molecule has 0 fully saturated rings. The zero-order valence-electron chi connectivity index (χ0n) is 10.3. The van der Waals surface area contributed by atoms with Crippen LogP contribution >= 0.6 is 11.6 Å². The molecule has 1 atom stereocenters. The van der Waals surface area contributed by atoms with Crippen molar-refractivity contribution in [2.24, 2.45) is 0 Å². The molecule has 0 aliphatic rings. The van der Waals surface area contributed by atoms with Crippen molar-refractivity contribution >= 4 is 23.2 Å². The molecule has 0 aromatic heterocycles. The van der Waals surface area contributed by atoms with Crippen LogP contribution in [0.3, 0.4) is 0 Å². The van der Waals surface area contributed by atoms with Crippen molar-refractivity contribution in [3.8, 4) is 0 Å². The van der Waals surface area contributed by atoms with Crippen molar-refractivity contribution in [3.63, 3.8) is 0 Å². The van der Waals surface area contributed by atoms with Gasteiger partial charge >= 0.3 is 0 Å². The van der Waals surface area contributed by atoms with Gasteiger partial charge in [0, 0.05) is 13.7 Å². The van der Waals surface area contributed by atoms with Crippen molar-refractivity contribution in [2.75, 3.05) is 25.6 Å². The number of methoxy groups -OCH3 is 1. The number of halogens is 2. The molecule has 1 amide bonds. The lowest BCUT2D eigenvalue weighted by atomic mass is 10.2. The zero-order chi connectivity index (χ0) is 13.5. The number of anilines is 1. The van der Waals surface area contributed by atoms with Crippen molar-refractivity contribution in [2.45, 2.75) is 13.0 Å². The van der Waals surface area contributed by atoms with E-state index in [1.807, 2.05) is 0 Å². The average Bonchev–Trinajstić information content (AvgIpc) is 2.32. The van der Waals surface area contributed by atoms with Gasteiger partial charge in [-0.15, -0.1) is 0 Å². The molecular formula is C12H16ClFN2O2. The highest BCUT2D eigenvalue weighted by Crippen LogP contribution is 2.22. The van der Waals surface area contributed by atoms with Gasteiger partial charge < -0.3 is 15.4 Å². The standard InChI is InChI=1S/C12H16ClFN2O2/c1-8(15-5-6-18-2)12(17)16-11-4-3-9(14)7-10(11)13/h3-4,7-8,15H,5-6H2,1-2H3,(H,16,17)/t8-/m1/s1. The summed E-state index contributed by atoms with van der Waals surface area (Å²) in [6.07, 6.45) is 0. The van der Waals surface area contributed by atoms with E-state index >= 15 is 0 Å². The first-order valence-electron chi connectivity index (χ1n) is 5.53. The van der Waals surface area contributed by atoms with Crippen LogP contribution in [-0.2, 0) is 9.53 Å². The molecule has 4 nitrogen and oxygen atoms in total. The smallest absolute Gasteiger partial charge is 0.241 e. The summed E-state index contributed by atoms with van der Waals surface area (Å²) in [5, 5.41) is 5.78. The van der Waals surface area contributed by atoms with Crippen LogP contribution in [0.25, 0.3) is 0 Å². The molecule has 1 rings (SSSR count). The molecule has 0 aliphatic heterocycles. The van der Waals surface area contributed by atoms with Crippen LogP contribution < -0.4 is 10.6 Å². The Balaban J connectivity index is 2.53. The second-order valence-corrected chi connectivity index (χ2v) is 4.19. The molecule has 1 aromatic carbocycles. The lowest BCUT2D eigenvalue weighted by molar-refractivity contribution is -0.117. The minimum atomic E-state index is -0.440. The normalized spacial score (nSPS) is 12.2. The predicted octanol–water partition coefficient (Wildman–Crippen LogP) is 2.04. The minimum absolute atomic E-state index is 0.174. The third-order valence-corrected chi connectivity index (χ3v) is 2.65. The fraction of sp³-hybridized carbons (Fsp3) is 0.417. The van der Waals surface area contributed by atoms with E-state index < -0.39 is 5.82 Å². The third-order valence-electron chi connectivity index (χ3n) is 2.34. The first-order valence-corrected chi connectivity index (χ1v) is 5.90. The van der Waals surface area contributed by atoms with E-state index in [1.54, 1.807) is 14.0 Å². The monoisotopic (exact) mass is 274 g/mol. The molecule has 0 saturated heterocycles. The first-order chi connectivity index (χ1) is 8.54. The Kier molecular flexibility index (Phi) is 6.04. The third kappa shape index (κ3) is 4.60. The number of benzene rings is 1. The molecule has 0 spiro atoms. The van der Waals surface area contributed by atoms with Gasteiger partial charge in [-0.2, -0.15) is 0 Å². The van der Waals surface area contributed by atoms with Crippen LogP contribution in [0.2, 0.25) is 5.02 Å². The fourth-order valence-corrected chi connectivity index (χ4v) is 1.52. The first kappa shape index (κ1) is 14.9. The Hall–Kier alpha value is -1.17. The van der Waals surface area contributed by atoms with Crippen LogP contribution in [0.4, 0.5) is 10.1 Å². The van der Waals surface area contributed by atoms with Gasteiger partial charge in [-0.1, -0.05) is 11.6 Å². The number of carbonyl (C=O) groups excluding carboxylic acids is 1. The maximum atomic E-state index is 12.8. The molecule has 0 aliphatic carbocycles. The number of nitrogens with one attached hydrogen (secondary N) is 2. The Bertz CT molecular complexity index is 415. The van der Waals surface area contributed by atoms with Gasteiger partial charge in [0.25, 0.3) is 0 Å². The second kappa shape index (κ2) is 7.31. The van der Waals surface area contributed by atoms with Crippen molar-refractivity contribution in [3.05, 3.63) is 29.0 Å². The van der Waals surface area contributed by atoms with E-state index in [9.17, 15) is 9.18 Å². The lowest BCUT2D eigenvalue weighted by Gasteiger charge is -2.14. The number of hydrogen-bond donors (Lipinski definition) is 2. The molecule has 100 valence electrons. The summed E-state index contributed by atoms with van der Waals surface area (Å²) in [5.41, 5.74) is 0.392. The van der Waals surface area contributed by atoms with E-state index in [1.165, 1.54) is 12.1 Å². The summed E-state index contributed by atoms with van der Waals surface area (Å²) >= 11 is 5.81. The van der Waals surface area contributed by atoms with Gasteiger partial charge in [0.05, 0.1) is 23.4 Å². The highest BCUT2D eigenvalue weighted by Gasteiger charge is 2.13. The van der Waals surface area contributed by atoms with E-state index in [0.717, 1.165) is 6.07 Å². The van der Waals surface area contributed by atoms with Crippen LogP contribution in [0, 0.1) is 5.82 Å². The topological polar surface area (TPSA) is 50.4 Å². The summed E-state index contributed by atoms with van der Waals surface area (Å²) in [4.78, 5) is 11.8. The highest BCUT2D eigenvalue weighted by atomic mass is 35.5. The molecule has 0 bridgehead atoms. The molecular weight excluding hydrogens is 259 g/mol. The summed E-state index contributed by atoms with van der Waals surface area (Å²) in [7, 11) is 1.59. The van der Waals surface area contributed by atoms with Crippen LogP contribution in [0.15, 0.2) is 18.2 Å². The van der Waals surface area contributed by atoms with E-state index in [-0.39, 0.29) is 17.0 Å². The number of hydrogen-bond acceptors (Lipinski definition) is 3. The van der Waals surface area contributed by atoms with Gasteiger partial charge in [0.2, 0.25) is 5.91 Å². The summed E-state index contributed by atoms with van der Waals surface area (Å²) < 4.78 is 17.7. The Morgan fingerprint density at radius 3 is 2.89 bits per heavy atom. The molecule has 1 aromatic rings. The summed E-state index contributed by atoms with van der Waals surface area (Å²) in [5.74, 6) is -0.677. The van der Waals surface area contributed by atoms with Gasteiger partial charge in [-0.25, -0.2) is 4.39 Å². The molecule has 0 radical (unpaired) electrons. The SMILES string of the molecule is COCCN[C@H](C)C(=O)Nc1ccc(F)cc1Cl. The molecule has 6 heteroatoms. The average molecular weight is 275 g/mol. The summed E-state index contributed by atoms with van der Waals surface area (Å²) in [6, 6.07) is 3.43. The molecule has 0 saturated carbocycles. The lowest BCUT2D eigenvalue weighted by Crippen LogP contribution is -2.39. The largest absolute Gasteiger partial charge is 0.383 e. The van der Waals surface area contributed by atoms with Crippen LogP contribution in [0.1, 0.15) is 6.92 Å². The van der Waals surface area contributed by atoms with Gasteiger partial charge in [0.15, 0.2) is 0 Å². The molecule has 2 N–H and O–H groups in total. The Labute approximate surface area is 110 Å². The Morgan fingerprint density at radius 2 is 2.28 bits per heavy atom. The second-order valence-electron chi connectivity index (χ2n) is 3.78. The van der Waals surface area contributed by atoms with E-state index in [4.69, 9.17) is 16.3 Å². The number of ether oxygens (including phenoxy) is 1. The quantitative estimate of drug-likeness (QED) is 0.781. The van der Waals surface area contributed by atoms with Gasteiger partial charge in [-0.3, -0.25) is 4.79 Å². The molecule has 0 heterocycles. The van der Waals surface area contributed by atoms with Gasteiger partial charge in [-0.05, 0) is 25.1 Å². The van der Waals surface area contributed by atoms with E-state index in [2.05, 4.69) is 10.6 Å². The fourth-order valence-electron chi connectivity index (χ4n) is 1.30. The van der Waals surface area contributed by atoms with Crippen molar-refractivity contribution < 1.29 is 13.9 Å². The van der Waals surface area contributed by atoms with Crippen molar-refractivity contribution in [1.29, 1.82) is 0 Å². The van der Waals surface area contributed by atoms with Crippen LogP contribution in [0.5, 0.6) is 0 Å². The summed E-state index contributed by atoms with van der Waals surface area (Å²) in [6.45, 7) is 2.82. The highest BCUT2D eigenvalue weighted by molar-refractivity contribution is 6.33. The van der Waals surface area contributed by atoms with Gasteiger partial charge in [0.1, 0.15) is 5.82 Å². The maximum absolute atomic E-state index is 12.8. The van der Waals surface area contributed by atoms with Crippen LogP contribution in [-0.4, -0.2) is 32.2 Å². The number of amides is 1. The molecule has 18 heavy (non-hydrogen) atoms. The zero-order valence-corrected chi connectivity index (χ0v) is 11.1. The number of rotatable bonds is 6. The number of carbonyl (C=O) groups is 1. The van der Waals surface area contributed by atoms with Crippen molar-refractivity contribution in [1.82, 2.24) is 5.32 Å². The predicted molar refractivity (Wildman–Crippen MR) is 69.4 cm³/mol. The maximum Gasteiger partial charge on any atom is 0.241 e. The van der Waals surface area contributed by atoms with E-state index in [0.29, 0.717) is 18.8 Å². The molecule has 0 unspecified atom stereocenters. The minimum Gasteiger partial charge on any atom is -0.383 e.